The van der Waals surface area contributed by atoms with E-state index in [1.165, 1.54) is 6.42 Å². The van der Waals surface area contributed by atoms with Crippen LogP contribution in [0.25, 0.3) is 0 Å². The number of oxime groups is 1. The third kappa shape index (κ3) is 6.04. The number of hydrogen-bond donors (Lipinski definition) is 0. The Bertz CT molecular complexity index is 509. The van der Waals surface area contributed by atoms with Gasteiger partial charge in [-0.3, -0.25) is 0 Å². The smallest absolute Gasteiger partial charge is 0.365 e. The van der Waals surface area contributed by atoms with Crippen LogP contribution in [-0.2, 0) is 4.84 Å². The second-order valence-corrected chi connectivity index (χ2v) is 6.74. The summed E-state index contributed by atoms with van der Waals surface area (Å²) in [6, 6.07) is 9.01. The molecule has 4 nitrogen and oxygen atoms in total. The van der Waals surface area contributed by atoms with E-state index in [0.29, 0.717) is 11.5 Å². The van der Waals surface area contributed by atoms with Gasteiger partial charge in [0.25, 0.3) is 0 Å². The van der Waals surface area contributed by atoms with E-state index < -0.39 is 0 Å². The van der Waals surface area contributed by atoms with Gasteiger partial charge in [0.1, 0.15) is 0 Å². The Morgan fingerprint density at radius 3 is 2.55 bits per heavy atom. The van der Waals surface area contributed by atoms with Gasteiger partial charge < -0.3 is 33.3 Å². The van der Waals surface area contributed by atoms with Crippen LogP contribution in [0, 0.1) is 5.92 Å². The van der Waals surface area contributed by atoms with E-state index >= 15 is 0 Å². The molecule has 1 aromatic rings. The first-order chi connectivity index (χ1) is 9.96. The molecule has 0 N–H and O–H groups in total. The minimum absolute atomic E-state index is 0. The lowest BCUT2D eigenvalue weighted by atomic mass is 9.86. The molecule has 122 valence electrons. The zero-order valence-corrected chi connectivity index (χ0v) is 15.7. The molecule has 0 bridgehead atoms. The normalized spacial score (nSPS) is 20.3. The van der Waals surface area contributed by atoms with E-state index in [1.54, 1.807) is 12.1 Å². The lowest BCUT2D eigenvalue weighted by Gasteiger charge is -2.31. The Morgan fingerprint density at radius 1 is 1.23 bits per heavy atom. The second kappa shape index (κ2) is 8.62. The summed E-state index contributed by atoms with van der Waals surface area (Å²) >= 11 is 0. The van der Waals surface area contributed by atoms with Gasteiger partial charge in [0.2, 0.25) is 0 Å². The Hall–Kier alpha value is -0.950. The van der Waals surface area contributed by atoms with Crippen molar-refractivity contribution in [2.24, 2.45) is 11.1 Å². The zero-order valence-electron chi connectivity index (χ0n) is 13.6. The van der Waals surface area contributed by atoms with Crippen LogP contribution in [0.2, 0.25) is 0 Å². The van der Waals surface area contributed by atoms with Crippen LogP contribution in [0.15, 0.2) is 35.5 Å². The van der Waals surface area contributed by atoms with Crippen LogP contribution in [0.3, 0.4) is 0 Å². The summed E-state index contributed by atoms with van der Waals surface area (Å²) < 4.78 is 0.899. The van der Waals surface area contributed by atoms with E-state index in [0.717, 1.165) is 36.0 Å². The van der Waals surface area contributed by atoms with Gasteiger partial charge in [0.05, 0.1) is 39.0 Å². The molecular formula is C17H25IN2O2. The monoisotopic (exact) mass is 416 g/mol. The predicted octanol–water partition coefficient (Wildman–Crippen LogP) is 0.0998. The minimum atomic E-state index is -0.377. The number of halogens is 1. The maximum absolute atomic E-state index is 11.9. The Kier molecular flexibility index (Phi) is 7.48. The fourth-order valence-corrected chi connectivity index (χ4v) is 2.77. The van der Waals surface area contributed by atoms with E-state index in [9.17, 15) is 4.79 Å². The summed E-state index contributed by atoms with van der Waals surface area (Å²) in [6.45, 7) is 1.03. The largest absolute Gasteiger partial charge is 1.00 e. The molecule has 5 heteroatoms. The van der Waals surface area contributed by atoms with Gasteiger partial charge >= 0.3 is 5.97 Å². The third-order valence-electron chi connectivity index (χ3n) is 3.73. The average Bonchev–Trinajstić information content (AvgIpc) is 2.45. The van der Waals surface area contributed by atoms with Crippen LogP contribution in [0.4, 0.5) is 0 Å². The predicted molar refractivity (Wildman–Crippen MR) is 84.1 cm³/mol. The number of carbonyl (C=O) groups excluding carboxylic acids is 1. The molecule has 1 aliphatic carbocycles. The van der Waals surface area contributed by atoms with Crippen LogP contribution in [-0.4, -0.2) is 43.9 Å². The molecule has 2 rings (SSSR count). The molecule has 0 radical (unpaired) electrons. The van der Waals surface area contributed by atoms with Crippen LogP contribution >= 0.6 is 0 Å². The first-order valence-electron chi connectivity index (χ1n) is 7.59. The van der Waals surface area contributed by atoms with Crippen molar-refractivity contribution in [1.29, 1.82) is 0 Å². The van der Waals surface area contributed by atoms with E-state index in [2.05, 4.69) is 26.3 Å². The number of rotatable bonds is 4. The molecule has 0 amide bonds. The molecule has 1 saturated carbocycles. The zero-order chi connectivity index (χ0) is 15.3. The first kappa shape index (κ1) is 19.1. The Labute approximate surface area is 150 Å². The first-order valence-corrected chi connectivity index (χ1v) is 7.59. The fourth-order valence-electron chi connectivity index (χ4n) is 2.77. The van der Waals surface area contributed by atoms with Crippen LogP contribution in [0.5, 0.6) is 0 Å². The maximum atomic E-state index is 11.9. The number of carbonyl (C=O) groups is 1. The summed E-state index contributed by atoms with van der Waals surface area (Å²) in [6.07, 6.45) is 4.44. The Balaban J connectivity index is 0.00000242. The SMILES string of the molecule is C[N+](C)(C)CC1CCCC/C1=N\OC(=O)c1ccccc1.[I-]. The summed E-state index contributed by atoms with van der Waals surface area (Å²) in [5.74, 6) is 0.0417. The van der Waals surface area contributed by atoms with Crippen molar-refractivity contribution in [2.75, 3.05) is 27.7 Å². The molecule has 1 aliphatic rings. The summed E-state index contributed by atoms with van der Waals surface area (Å²) in [5, 5.41) is 4.18. The van der Waals surface area contributed by atoms with Crippen molar-refractivity contribution < 1.29 is 38.1 Å². The molecular weight excluding hydrogens is 391 g/mol. The second-order valence-electron chi connectivity index (χ2n) is 6.74. The molecule has 0 saturated heterocycles. The molecule has 1 aromatic carbocycles. The molecule has 0 aliphatic heterocycles. The molecule has 1 atom stereocenters. The van der Waals surface area contributed by atoms with Gasteiger partial charge in [-0.1, -0.05) is 29.8 Å². The summed E-state index contributed by atoms with van der Waals surface area (Å²) in [7, 11) is 6.55. The van der Waals surface area contributed by atoms with E-state index in [4.69, 9.17) is 4.84 Å². The number of nitrogens with zero attached hydrogens (tertiary/aromatic N) is 2. The summed E-state index contributed by atoms with van der Waals surface area (Å²) in [5.41, 5.74) is 1.58. The third-order valence-corrected chi connectivity index (χ3v) is 3.73. The molecule has 22 heavy (non-hydrogen) atoms. The van der Waals surface area contributed by atoms with Gasteiger partial charge in [-0.15, -0.1) is 0 Å². The number of hydrogen-bond acceptors (Lipinski definition) is 3. The minimum Gasteiger partial charge on any atom is -1.00 e. The molecule has 0 aromatic heterocycles. The number of quaternary nitrogens is 1. The van der Waals surface area contributed by atoms with Gasteiger partial charge in [0.15, 0.2) is 0 Å². The lowest BCUT2D eigenvalue weighted by Crippen LogP contribution is -3.00. The quantitative estimate of drug-likeness (QED) is 0.302. The highest BCUT2D eigenvalue weighted by Gasteiger charge is 2.27. The molecule has 1 fully saturated rings. The fraction of sp³-hybridized carbons (Fsp3) is 0.529. The lowest BCUT2D eigenvalue weighted by molar-refractivity contribution is -0.872. The average molecular weight is 416 g/mol. The number of benzene rings is 1. The van der Waals surface area contributed by atoms with Crippen molar-refractivity contribution in [3.05, 3.63) is 35.9 Å². The van der Waals surface area contributed by atoms with Gasteiger partial charge in [0, 0.05) is 5.92 Å². The molecule has 0 spiro atoms. The standard InChI is InChI=1S/C17H25N2O2.HI/c1-19(2,3)13-15-11-7-8-12-16(15)18-21-17(20)14-9-5-4-6-10-14;/h4-6,9-10,15H,7-8,11-13H2,1-3H3;1H/q+1;/p-1/b18-16+;. The van der Waals surface area contributed by atoms with Gasteiger partial charge in [-0.05, 0) is 31.4 Å². The topological polar surface area (TPSA) is 38.7 Å². The van der Waals surface area contributed by atoms with Crippen LogP contribution < -0.4 is 24.0 Å². The van der Waals surface area contributed by atoms with Crippen molar-refractivity contribution in [2.45, 2.75) is 25.7 Å². The highest BCUT2D eigenvalue weighted by Crippen LogP contribution is 2.24. The van der Waals surface area contributed by atoms with Crippen LogP contribution in [0.1, 0.15) is 36.0 Å². The van der Waals surface area contributed by atoms with E-state index in [1.807, 2.05) is 18.2 Å². The molecule has 1 unspecified atom stereocenters. The highest BCUT2D eigenvalue weighted by atomic mass is 127. The van der Waals surface area contributed by atoms with Crippen molar-refractivity contribution in [3.8, 4) is 0 Å². The summed E-state index contributed by atoms with van der Waals surface area (Å²) in [4.78, 5) is 17.1. The van der Waals surface area contributed by atoms with Gasteiger partial charge in [-0.2, -0.15) is 0 Å². The van der Waals surface area contributed by atoms with Crippen molar-refractivity contribution >= 4 is 11.7 Å². The van der Waals surface area contributed by atoms with Crippen molar-refractivity contribution in [1.82, 2.24) is 0 Å². The van der Waals surface area contributed by atoms with Crippen molar-refractivity contribution in [3.63, 3.8) is 0 Å². The maximum Gasteiger partial charge on any atom is 0.365 e. The Morgan fingerprint density at radius 2 is 1.91 bits per heavy atom. The van der Waals surface area contributed by atoms with E-state index in [-0.39, 0.29) is 29.9 Å². The van der Waals surface area contributed by atoms with Gasteiger partial charge in [-0.25, -0.2) is 4.79 Å². The molecule has 0 heterocycles. The highest BCUT2D eigenvalue weighted by molar-refractivity contribution is 5.91.